The second kappa shape index (κ2) is 25.9. The predicted molar refractivity (Wildman–Crippen MR) is 305 cm³/mol. The van der Waals surface area contributed by atoms with Crippen LogP contribution in [0, 0.1) is 5.41 Å². The molecule has 3 aliphatic heterocycles. The Bertz CT molecular complexity index is 2990. The van der Waals surface area contributed by atoms with Gasteiger partial charge in [-0.3, -0.25) is 14.6 Å². The van der Waals surface area contributed by atoms with E-state index in [9.17, 15) is 39.6 Å². The molecule has 79 heavy (non-hydrogen) atoms. The number of carbonyl (C=O) groups is 2. The van der Waals surface area contributed by atoms with Crippen molar-refractivity contribution in [2.24, 2.45) is 5.41 Å². The van der Waals surface area contributed by atoms with Crippen LogP contribution in [0.4, 0.5) is 29.3 Å². The second-order valence-corrected chi connectivity index (χ2v) is 27.4. The van der Waals surface area contributed by atoms with Crippen LogP contribution in [-0.4, -0.2) is 170 Å². The summed E-state index contributed by atoms with van der Waals surface area (Å²) in [6.45, 7) is 18.7. The number of halogens is 4. The van der Waals surface area contributed by atoms with Gasteiger partial charge < -0.3 is 29.5 Å². The van der Waals surface area contributed by atoms with Crippen LogP contribution in [0.5, 0.6) is 0 Å². The number of carbonyl (C=O) groups excluding carboxylic acids is 2. The van der Waals surface area contributed by atoms with Crippen molar-refractivity contribution < 1.29 is 49.1 Å². The SMILES string of the molecule is CC1(CN2CCCN(C(=O)OC(C)(C)C)CC2)CCC(c2ccc(Cl)cc2)=C(CN2CCN(c3ccc(C(=O)NS(=O)(=O)c4ccc(NC(CCN5CCOCC5)CSc5ccccc5)c(S(=O)(=O)C(F)(F)F)c4)cc3)CC2)C1. The molecule has 0 saturated carbocycles. The van der Waals surface area contributed by atoms with Gasteiger partial charge in [-0.1, -0.05) is 54.4 Å². The third-order valence-corrected chi connectivity index (χ3v) is 19.2. The summed E-state index contributed by atoms with van der Waals surface area (Å²) in [5.74, 6) is -0.680. The Morgan fingerprint density at radius 2 is 1.49 bits per heavy atom. The molecular weight excluding hydrogens is 1100 g/mol. The smallest absolute Gasteiger partial charge is 0.444 e. The molecule has 4 aromatic carbocycles. The standard InChI is InChI=1S/C57H73ClF3N7O8S3/c1-55(2,3)76-54(70)68-25-8-24-66(29-32-68)41-56(4)23-21-50(42-11-15-45(58)16-12-42)44(38-56)39-65-27-30-67(31-28-65)47-17-13-43(14-18-47)53(69)63-79(73,74)49-19-20-51(52(37-49)78(71,72)57(59,60)61)62-46(22-26-64-33-35-75-36-34-64)40-77-48-9-6-5-7-10-48/h5-7,9-20,37,46,62H,8,21-36,38-41H2,1-4H3,(H,63,69). The molecule has 8 rings (SSSR count). The van der Waals surface area contributed by atoms with Gasteiger partial charge in [0.25, 0.3) is 25.8 Å². The highest BCUT2D eigenvalue weighted by Gasteiger charge is 2.49. The predicted octanol–water partition coefficient (Wildman–Crippen LogP) is 9.76. The van der Waals surface area contributed by atoms with Crippen molar-refractivity contribution in [1.29, 1.82) is 0 Å². The highest BCUT2D eigenvalue weighted by Crippen LogP contribution is 2.44. The molecule has 3 saturated heterocycles. The van der Waals surface area contributed by atoms with Gasteiger partial charge in [0.05, 0.1) is 23.8 Å². The first-order valence-corrected chi connectivity index (χ1v) is 31.3. The van der Waals surface area contributed by atoms with Gasteiger partial charge in [-0.2, -0.15) is 13.2 Å². The minimum absolute atomic E-state index is 0.0195. The summed E-state index contributed by atoms with van der Waals surface area (Å²) in [7, 11) is -11.0. The van der Waals surface area contributed by atoms with E-state index in [0.717, 1.165) is 87.7 Å². The molecule has 4 aliphatic rings. The zero-order valence-corrected chi connectivity index (χ0v) is 48.6. The Labute approximate surface area is 473 Å². The van der Waals surface area contributed by atoms with Crippen LogP contribution in [-0.2, 0) is 29.3 Å². The van der Waals surface area contributed by atoms with Gasteiger partial charge in [0.2, 0.25) is 0 Å². The van der Waals surface area contributed by atoms with Crippen LogP contribution in [0.15, 0.2) is 117 Å². The fourth-order valence-corrected chi connectivity index (χ4v) is 13.8. The first kappa shape index (κ1) is 60.2. The van der Waals surface area contributed by atoms with E-state index in [2.05, 4.69) is 44.0 Å². The van der Waals surface area contributed by atoms with Crippen LogP contribution < -0.4 is 14.9 Å². The number of allylic oxidation sites excluding steroid dienone is 1. The number of anilines is 2. The lowest BCUT2D eigenvalue weighted by molar-refractivity contribution is -0.0436. The van der Waals surface area contributed by atoms with Crippen molar-refractivity contribution >= 4 is 72.2 Å². The monoisotopic (exact) mass is 1170 g/mol. The largest absolute Gasteiger partial charge is 0.501 e. The Morgan fingerprint density at radius 3 is 2.16 bits per heavy atom. The maximum absolute atomic E-state index is 14.3. The Hall–Kier alpha value is -4.87. The van der Waals surface area contributed by atoms with Crippen molar-refractivity contribution in [2.45, 2.75) is 91.6 Å². The maximum atomic E-state index is 14.3. The number of sulfonamides is 1. The van der Waals surface area contributed by atoms with Gasteiger partial charge in [-0.25, -0.2) is 26.4 Å². The molecular formula is C57H73ClF3N7O8S3. The summed E-state index contributed by atoms with van der Waals surface area (Å²) >= 11 is 7.78. The minimum atomic E-state index is -6.08. The topological polar surface area (TPSA) is 161 Å². The van der Waals surface area contributed by atoms with E-state index < -0.39 is 58.4 Å². The van der Waals surface area contributed by atoms with Crippen molar-refractivity contribution in [1.82, 2.24) is 24.3 Å². The molecule has 2 atom stereocenters. The summed E-state index contributed by atoms with van der Waals surface area (Å²) in [4.78, 5) is 36.4. The zero-order valence-electron chi connectivity index (χ0n) is 45.4. The number of nitrogens with zero attached hydrogens (tertiary/aromatic N) is 5. The van der Waals surface area contributed by atoms with Crippen molar-refractivity contribution in [3.8, 4) is 0 Å². The molecule has 0 spiro atoms. The molecule has 4 aromatic rings. The number of piperazine rings is 1. The summed E-state index contributed by atoms with van der Waals surface area (Å²) < 4.78 is 110. The number of hydrogen-bond donors (Lipinski definition) is 2. The number of amides is 2. The molecule has 2 amide bonds. The normalized spacial score (nSPS) is 20.2. The zero-order chi connectivity index (χ0) is 56.6. The molecule has 3 heterocycles. The van der Waals surface area contributed by atoms with Gasteiger partial charge in [0.15, 0.2) is 0 Å². The fourth-order valence-electron chi connectivity index (χ4n) is 10.7. The van der Waals surface area contributed by atoms with Crippen LogP contribution in [0.3, 0.4) is 0 Å². The maximum Gasteiger partial charge on any atom is 0.501 e. The fraction of sp³-hybridized carbons (Fsp3) is 0.509. The summed E-state index contributed by atoms with van der Waals surface area (Å²) in [6.07, 6.45) is 3.94. The lowest BCUT2D eigenvalue weighted by atomic mass is 9.71. The Morgan fingerprint density at radius 1 is 0.810 bits per heavy atom. The van der Waals surface area contributed by atoms with E-state index in [4.69, 9.17) is 21.1 Å². The molecule has 3 fully saturated rings. The van der Waals surface area contributed by atoms with Gasteiger partial charge in [-0.15, -0.1) is 11.8 Å². The van der Waals surface area contributed by atoms with E-state index in [0.29, 0.717) is 82.3 Å². The van der Waals surface area contributed by atoms with Crippen LogP contribution >= 0.6 is 23.4 Å². The van der Waals surface area contributed by atoms with Crippen molar-refractivity contribution in [2.75, 3.05) is 114 Å². The van der Waals surface area contributed by atoms with Gasteiger partial charge in [0, 0.05) is 112 Å². The van der Waals surface area contributed by atoms with Crippen molar-refractivity contribution in [3.05, 3.63) is 119 Å². The minimum Gasteiger partial charge on any atom is -0.444 e. The molecule has 22 heteroatoms. The van der Waals surface area contributed by atoms with E-state index in [1.807, 2.05) is 72.9 Å². The van der Waals surface area contributed by atoms with Crippen LogP contribution in [0.25, 0.3) is 5.57 Å². The highest BCUT2D eigenvalue weighted by atomic mass is 35.5. The third kappa shape index (κ3) is 16.4. The summed E-state index contributed by atoms with van der Waals surface area (Å²) in [5.41, 5.74) is -1.95. The third-order valence-electron chi connectivity index (χ3n) is 14.9. The average molecular weight is 1170 g/mol. The molecule has 1 aliphatic carbocycles. The first-order valence-electron chi connectivity index (χ1n) is 27.0. The number of rotatable bonds is 18. The molecule has 0 bridgehead atoms. The van der Waals surface area contributed by atoms with E-state index in [-0.39, 0.29) is 17.1 Å². The molecule has 2 N–H and O–H groups in total. The van der Waals surface area contributed by atoms with Crippen LogP contribution in [0.2, 0.25) is 5.02 Å². The molecule has 0 radical (unpaired) electrons. The molecule has 0 aromatic heterocycles. The first-order chi connectivity index (χ1) is 37.4. The number of benzene rings is 4. The van der Waals surface area contributed by atoms with Crippen molar-refractivity contribution in [3.63, 3.8) is 0 Å². The highest BCUT2D eigenvalue weighted by molar-refractivity contribution is 7.99. The molecule has 15 nitrogen and oxygen atoms in total. The number of hydrogen-bond acceptors (Lipinski definition) is 14. The van der Waals surface area contributed by atoms with E-state index in [1.54, 1.807) is 12.1 Å². The number of alkyl halides is 3. The Kier molecular flexibility index (Phi) is 19.8. The van der Waals surface area contributed by atoms with Gasteiger partial charge in [-0.05, 0) is 143 Å². The van der Waals surface area contributed by atoms with E-state index >= 15 is 0 Å². The Balaban J connectivity index is 0.903. The summed E-state index contributed by atoms with van der Waals surface area (Å²) in [6, 6.07) is 25.8. The number of thioether (sulfide) groups is 1. The quantitative estimate of drug-likeness (QED) is 0.0906. The number of sulfone groups is 1. The number of morpholine rings is 1. The number of nitrogens with one attached hydrogen (secondary N) is 2. The second-order valence-electron chi connectivity index (χ2n) is 22.2. The number of ether oxygens (including phenoxy) is 2. The average Bonchev–Trinajstić information content (AvgIpc) is 3.75. The lowest BCUT2D eigenvalue weighted by Crippen LogP contribution is -2.47. The van der Waals surface area contributed by atoms with Crippen LogP contribution in [0.1, 0.15) is 75.7 Å². The van der Waals surface area contributed by atoms with Gasteiger partial charge >= 0.3 is 11.6 Å². The lowest BCUT2D eigenvalue weighted by Gasteiger charge is -2.42. The van der Waals surface area contributed by atoms with E-state index in [1.165, 1.54) is 40.6 Å². The molecule has 430 valence electrons. The molecule has 2 unspecified atom stereocenters. The van der Waals surface area contributed by atoms with Gasteiger partial charge in [0.1, 0.15) is 10.5 Å². The summed E-state index contributed by atoms with van der Waals surface area (Å²) in [5, 5.41) is 3.69.